The molecule has 0 bridgehead atoms. The van der Waals surface area contributed by atoms with Crippen LogP contribution < -0.4 is 5.32 Å². The smallest absolute Gasteiger partial charge is 0.311 e. The quantitative estimate of drug-likeness (QED) is 0.143. The minimum Gasteiger partial charge on any atom is -0.455 e. The summed E-state index contributed by atoms with van der Waals surface area (Å²) in [7, 11) is 0. The van der Waals surface area contributed by atoms with Crippen molar-refractivity contribution in [3.05, 3.63) is 135 Å². The van der Waals surface area contributed by atoms with Crippen molar-refractivity contribution < 1.29 is 18.7 Å². The SMILES string of the molecule is CC(C)(C)C[C@H]1N(C(c2ccccc2)[C@H](OC(=O)C(C)(C)C)c2ccccc2)[C@@H](CBr)[C@H](c2cccc(Cl)c2F)[C@@]12C(=O)Nc1cc(Cl)ccc12. The van der Waals surface area contributed by atoms with Crippen LogP contribution in [-0.4, -0.2) is 34.2 Å². The van der Waals surface area contributed by atoms with Gasteiger partial charge in [-0.3, -0.25) is 14.5 Å². The van der Waals surface area contributed by atoms with Gasteiger partial charge < -0.3 is 10.1 Å². The number of carbonyl (C=O) groups excluding carboxylic acids is 2. The third-order valence-electron chi connectivity index (χ3n) is 10.2. The minimum absolute atomic E-state index is 0.0163. The summed E-state index contributed by atoms with van der Waals surface area (Å²) in [4.78, 5) is 31.4. The van der Waals surface area contributed by atoms with Gasteiger partial charge in [0.2, 0.25) is 5.91 Å². The van der Waals surface area contributed by atoms with E-state index in [0.29, 0.717) is 28.0 Å². The van der Waals surface area contributed by atoms with Crippen LogP contribution in [0.1, 0.15) is 88.3 Å². The van der Waals surface area contributed by atoms with Gasteiger partial charge in [0.05, 0.1) is 16.5 Å². The van der Waals surface area contributed by atoms with Crippen molar-refractivity contribution >= 4 is 56.7 Å². The first-order valence-corrected chi connectivity index (χ1v) is 19.2. The highest BCUT2D eigenvalue weighted by Crippen LogP contribution is 2.63. The molecular weight excluding hydrogens is 750 g/mol. The fourth-order valence-electron chi connectivity index (χ4n) is 8.15. The first-order valence-electron chi connectivity index (χ1n) is 17.3. The number of fused-ring (bicyclic) bond motifs is 2. The zero-order chi connectivity index (χ0) is 36.9. The van der Waals surface area contributed by atoms with Gasteiger partial charge in [0.25, 0.3) is 0 Å². The van der Waals surface area contributed by atoms with E-state index in [2.05, 4.69) is 46.9 Å². The molecule has 1 fully saturated rings. The lowest BCUT2D eigenvalue weighted by atomic mass is 9.62. The summed E-state index contributed by atoms with van der Waals surface area (Å²) < 4.78 is 23.3. The largest absolute Gasteiger partial charge is 0.455 e. The van der Waals surface area contributed by atoms with Crippen LogP contribution in [0.3, 0.4) is 0 Å². The van der Waals surface area contributed by atoms with Crippen molar-refractivity contribution in [2.75, 3.05) is 10.6 Å². The summed E-state index contributed by atoms with van der Waals surface area (Å²) in [6.45, 7) is 12.0. The van der Waals surface area contributed by atoms with E-state index in [-0.39, 0.29) is 22.3 Å². The highest BCUT2D eigenvalue weighted by Gasteiger charge is 2.69. The maximum Gasteiger partial charge on any atom is 0.311 e. The number of nitrogens with zero attached hydrogens (tertiary/aromatic N) is 1. The number of carbonyl (C=O) groups is 2. The molecule has 1 N–H and O–H groups in total. The molecule has 6 atom stereocenters. The van der Waals surface area contributed by atoms with Gasteiger partial charge in [-0.1, -0.05) is 139 Å². The van der Waals surface area contributed by atoms with E-state index in [1.165, 1.54) is 6.07 Å². The minimum atomic E-state index is -1.29. The number of likely N-dealkylation sites (tertiary alicyclic amines) is 1. The lowest BCUT2D eigenvalue weighted by Gasteiger charge is -2.45. The van der Waals surface area contributed by atoms with E-state index in [0.717, 1.165) is 16.7 Å². The van der Waals surface area contributed by atoms with E-state index in [9.17, 15) is 4.79 Å². The molecular formula is C42H44BrCl2FN2O3. The third-order valence-corrected chi connectivity index (χ3v) is 11.4. The van der Waals surface area contributed by atoms with Crippen LogP contribution in [0.5, 0.6) is 0 Å². The Bertz CT molecular complexity index is 1910. The van der Waals surface area contributed by atoms with E-state index in [4.69, 9.17) is 27.9 Å². The number of anilines is 1. The van der Waals surface area contributed by atoms with Crippen LogP contribution in [0.25, 0.3) is 0 Å². The van der Waals surface area contributed by atoms with Gasteiger partial charge in [-0.05, 0) is 73.1 Å². The Morgan fingerprint density at radius 1 is 0.922 bits per heavy atom. The predicted octanol–water partition coefficient (Wildman–Crippen LogP) is 11.1. The fourth-order valence-corrected chi connectivity index (χ4v) is 9.21. The van der Waals surface area contributed by atoms with E-state index < -0.39 is 46.8 Å². The van der Waals surface area contributed by atoms with E-state index in [1.807, 2.05) is 87.5 Å². The zero-order valence-electron chi connectivity index (χ0n) is 29.7. The maximum absolute atomic E-state index is 16.6. The van der Waals surface area contributed by atoms with E-state index in [1.54, 1.807) is 24.3 Å². The summed E-state index contributed by atoms with van der Waals surface area (Å²) >= 11 is 16.9. The number of amides is 1. The third kappa shape index (κ3) is 6.88. The zero-order valence-corrected chi connectivity index (χ0v) is 32.8. The van der Waals surface area contributed by atoms with Crippen LogP contribution in [0, 0.1) is 16.6 Å². The van der Waals surface area contributed by atoms with Gasteiger partial charge in [-0.25, -0.2) is 4.39 Å². The first-order chi connectivity index (χ1) is 24.1. The number of rotatable bonds is 8. The second-order valence-corrected chi connectivity index (χ2v) is 17.4. The number of nitrogens with one attached hydrogen (secondary N) is 1. The van der Waals surface area contributed by atoms with Gasteiger partial charge in [0.15, 0.2) is 0 Å². The monoisotopic (exact) mass is 792 g/mol. The first kappa shape index (κ1) is 37.5. The number of halogens is 4. The molecule has 0 saturated carbocycles. The second-order valence-electron chi connectivity index (χ2n) is 15.9. The number of ether oxygens (including phenoxy) is 1. The summed E-state index contributed by atoms with van der Waals surface area (Å²) in [5.74, 6) is -1.87. The predicted molar refractivity (Wildman–Crippen MR) is 207 cm³/mol. The van der Waals surface area contributed by atoms with Crippen LogP contribution in [0.2, 0.25) is 10.0 Å². The molecule has 6 rings (SSSR count). The Hall–Kier alpha value is -3.23. The van der Waals surface area contributed by atoms with Crippen molar-refractivity contribution in [1.82, 2.24) is 4.90 Å². The number of alkyl halides is 1. The van der Waals surface area contributed by atoms with Crippen molar-refractivity contribution in [2.45, 2.75) is 83.5 Å². The number of hydrogen-bond donors (Lipinski definition) is 1. The highest BCUT2D eigenvalue weighted by molar-refractivity contribution is 9.09. The maximum atomic E-state index is 16.6. The van der Waals surface area contributed by atoms with E-state index >= 15 is 9.18 Å². The summed E-state index contributed by atoms with van der Waals surface area (Å²) in [5.41, 5.74) is 1.02. The Balaban J connectivity index is 1.73. The van der Waals surface area contributed by atoms with Crippen molar-refractivity contribution in [1.29, 1.82) is 0 Å². The Labute approximate surface area is 319 Å². The topological polar surface area (TPSA) is 58.6 Å². The fraction of sp³-hybridized carbons (Fsp3) is 0.381. The average molecular weight is 795 g/mol. The van der Waals surface area contributed by atoms with Crippen LogP contribution >= 0.6 is 39.1 Å². The lowest BCUT2D eigenvalue weighted by molar-refractivity contribution is -0.164. The molecule has 1 amide bonds. The molecule has 4 aromatic rings. The van der Waals surface area contributed by atoms with Crippen LogP contribution in [0.4, 0.5) is 10.1 Å². The molecule has 2 aliphatic rings. The average Bonchev–Trinajstić information content (AvgIpc) is 3.51. The van der Waals surface area contributed by atoms with Crippen LogP contribution in [-0.2, 0) is 19.7 Å². The Kier molecular flexibility index (Phi) is 10.5. The van der Waals surface area contributed by atoms with Gasteiger partial charge in [-0.2, -0.15) is 0 Å². The summed E-state index contributed by atoms with van der Waals surface area (Å²) in [6.07, 6.45) is -0.249. The molecule has 2 aliphatic heterocycles. The Morgan fingerprint density at radius 2 is 1.55 bits per heavy atom. The summed E-state index contributed by atoms with van der Waals surface area (Å²) in [6, 6.07) is 28.6. The van der Waals surface area contributed by atoms with Crippen LogP contribution in [0.15, 0.2) is 97.1 Å². The Morgan fingerprint density at radius 3 is 2.14 bits per heavy atom. The molecule has 0 radical (unpaired) electrons. The standard InChI is InChI=1S/C42H44BrCl2FN2O3/c1-40(2,3)23-33-42(29-21-20-27(44)22-31(29)47-38(42)49)34(28-18-13-19-30(45)35(28)46)32(24-43)48(33)36(25-14-9-7-10-15-25)37(26-16-11-8-12-17-26)51-39(50)41(4,5)6/h7-22,32-34,36-37H,23-24H2,1-6H3,(H,47,49)/t32-,33+,34-,36?,37+,42-/m0/s1. The molecule has 268 valence electrons. The van der Waals surface area contributed by atoms with Gasteiger partial charge in [0, 0.05) is 34.0 Å². The molecule has 5 nitrogen and oxygen atoms in total. The molecule has 4 aromatic carbocycles. The van der Waals surface area contributed by atoms with Gasteiger partial charge in [0.1, 0.15) is 17.3 Å². The molecule has 1 unspecified atom stereocenters. The van der Waals surface area contributed by atoms with Gasteiger partial charge in [-0.15, -0.1) is 0 Å². The van der Waals surface area contributed by atoms with Crippen molar-refractivity contribution in [3.63, 3.8) is 0 Å². The normalized spacial score (nSPS) is 23.2. The number of esters is 1. The molecule has 9 heteroatoms. The molecule has 0 aromatic heterocycles. The number of hydrogen-bond acceptors (Lipinski definition) is 4. The molecule has 1 saturated heterocycles. The lowest BCUT2D eigenvalue weighted by Crippen LogP contribution is -2.52. The van der Waals surface area contributed by atoms with Crippen molar-refractivity contribution in [3.8, 4) is 0 Å². The second kappa shape index (κ2) is 14.3. The molecule has 51 heavy (non-hydrogen) atoms. The van der Waals surface area contributed by atoms with Crippen molar-refractivity contribution in [2.24, 2.45) is 10.8 Å². The summed E-state index contributed by atoms with van der Waals surface area (Å²) in [5, 5.41) is 4.01. The highest BCUT2D eigenvalue weighted by atomic mass is 79.9. The molecule has 0 aliphatic carbocycles. The van der Waals surface area contributed by atoms with Gasteiger partial charge >= 0.3 is 5.97 Å². The molecule has 2 heterocycles. The number of benzene rings is 4. The molecule has 1 spiro atoms.